The molecule has 0 saturated carbocycles. The molecule has 0 atom stereocenters. The van der Waals surface area contributed by atoms with Gasteiger partial charge in [-0.25, -0.2) is 4.98 Å². The van der Waals surface area contributed by atoms with Crippen LogP contribution in [0.25, 0.3) is 86.9 Å². The molecule has 0 bridgehead atoms. The van der Waals surface area contributed by atoms with Gasteiger partial charge < -0.3 is 13.7 Å². The fraction of sp³-hybridized carbons (Fsp3) is 0. The molecule has 0 N–H and O–H groups in total. The van der Waals surface area contributed by atoms with E-state index in [4.69, 9.17) is 13.8 Å². The van der Waals surface area contributed by atoms with Gasteiger partial charge in [0.05, 0.1) is 11.1 Å². The Morgan fingerprint density at radius 2 is 1.00 bits per heavy atom. The molecule has 0 spiro atoms. The quantitative estimate of drug-likeness (QED) is 0.172. The molecule has 8 aromatic carbocycles. The van der Waals surface area contributed by atoms with Gasteiger partial charge in [0.15, 0.2) is 5.58 Å². The van der Waals surface area contributed by atoms with Crippen LogP contribution in [-0.2, 0) is 0 Å². The van der Waals surface area contributed by atoms with Crippen LogP contribution in [0.1, 0.15) is 0 Å². The molecule has 0 aliphatic rings. The molecule has 0 aliphatic heterocycles. The molecule has 54 heavy (non-hydrogen) atoms. The maximum atomic E-state index is 6.32. The van der Waals surface area contributed by atoms with Gasteiger partial charge >= 0.3 is 0 Å². The average Bonchev–Trinajstić information content (AvgIpc) is 3.95. The zero-order valence-corrected chi connectivity index (χ0v) is 29.8. The standard InChI is InChI=1S/C49H30N2O2S/c1-3-10-31(11-4-1)32-18-23-36(24-19-32)51(40-15-9-17-45-46(40)38-14-7-8-16-44(38)54-45)37-25-20-33(21-26-37)35-22-27-41-39(30-35)47-42(52-41)28-29-43-48(47)50-49(53-43)34-12-5-2-6-13-34/h1-30H. The van der Waals surface area contributed by atoms with E-state index in [2.05, 4.69) is 144 Å². The molecule has 254 valence electrons. The molecule has 0 unspecified atom stereocenters. The molecule has 0 saturated heterocycles. The minimum absolute atomic E-state index is 0.601. The van der Waals surface area contributed by atoms with Crippen LogP contribution < -0.4 is 4.90 Å². The molecule has 4 nitrogen and oxygen atoms in total. The van der Waals surface area contributed by atoms with E-state index in [1.807, 2.05) is 53.8 Å². The number of aromatic nitrogens is 1. The van der Waals surface area contributed by atoms with E-state index in [0.717, 1.165) is 66.8 Å². The lowest BCUT2D eigenvalue weighted by molar-refractivity contribution is 0.619. The third kappa shape index (κ3) is 5.01. The van der Waals surface area contributed by atoms with Crippen LogP contribution in [0.4, 0.5) is 17.1 Å². The van der Waals surface area contributed by atoms with E-state index >= 15 is 0 Å². The number of oxazole rings is 1. The van der Waals surface area contributed by atoms with E-state index in [9.17, 15) is 0 Å². The highest BCUT2D eigenvalue weighted by Crippen LogP contribution is 2.45. The first kappa shape index (κ1) is 30.7. The fourth-order valence-electron chi connectivity index (χ4n) is 7.74. The number of hydrogen-bond acceptors (Lipinski definition) is 5. The summed E-state index contributed by atoms with van der Waals surface area (Å²) in [6, 6.07) is 64.0. The number of anilines is 3. The van der Waals surface area contributed by atoms with Gasteiger partial charge in [-0.05, 0) is 101 Å². The monoisotopic (exact) mass is 710 g/mol. The minimum atomic E-state index is 0.601. The maximum Gasteiger partial charge on any atom is 0.227 e. The number of rotatable bonds is 6. The Morgan fingerprint density at radius 3 is 1.76 bits per heavy atom. The van der Waals surface area contributed by atoms with E-state index in [-0.39, 0.29) is 0 Å². The van der Waals surface area contributed by atoms with E-state index < -0.39 is 0 Å². The van der Waals surface area contributed by atoms with Crippen LogP contribution in [0.15, 0.2) is 191 Å². The van der Waals surface area contributed by atoms with Gasteiger partial charge in [0.1, 0.15) is 16.7 Å². The molecular formula is C49H30N2O2S. The molecular weight excluding hydrogens is 681 g/mol. The molecule has 0 radical (unpaired) electrons. The van der Waals surface area contributed by atoms with Crippen LogP contribution in [0.2, 0.25) is 0 Å². The van der Waals surface area contributed by atoms with Crippen LogP contribution in [0.5, 0.6) is 0 Å². The third-order valence-electron chi connectivity index (χ3n) is 10.3. The number of fused-ring (bicyclic) bond motifs is 8. The SMILES string of the molecule is c1ccc(-c2ccc(N(c3ccc(-c4ccc5oc6ccc7oc(-c8ccccc8)nc7c6c5c4)cc3)c3cccc4sc5ccccc5c34)cc2)cc1. The predicted octanol–water partition coefficient (Wildman–Crippen LogP) is 14.6. The average molecular weight is 711 g/mol. The molecule has 0 amide bonds. The fourth-order valence-corrected chi connectivity index (χ4v) is 8.87. The summed E-state index contributed by atoms with van der Waals surface area (Å²) in [6.07, 6.45) is 0. The zero-order chi connectivity index (χ0) is 35.6. The lowest BCUT2D eigenvalue weighted by atomic mass is 10.0. The number of benzene rings is 8. The lowest BCUT2D eigenvalue weighted by Gasteiger charge is -2.27. The first-order valence-corrected chi connectivity index (χ1v) is 18.8. The molecule has 11 rings (SSSR count). The summed E-state index contributed by atoms with van der Waals surface area (Å²) >= 11 is 1.84. The summed E-state index contributed by atoms with van der Waals surface area (Å²) in [5.41, 5.74) is 12.1. The van der Waals surface area contributed by atoms with Gasteiger partial charge in [0.2, 0.25) is 5.89 Å². The van der Waals surface area contributed by atoms with Crippen LogP contribution >= 0.6 is 11.3 Å². The van der Waals surface area contributed by atoms with Gasteiger partial charge in [-0.15, -0.1) is 11.3 Å². The van der Waals surface area contributed by atoms with E-state index in [1.165, 1.54) is 31.3 Å². The summed E-state index contributed by atoms with van der Waals surface area (Å²) in [5.74, 6) is 0.601. The van der Waals surface area contributed by atoms with Gasteiger partial charge in [-0.3, -0.25) is 0 Å². The number of thiophene rings is 1. The van der Waals surface area contributed by atoms with Crippen molar-refractivity contribution in [3.8, 4) is 33.7 Å². The van der Waals surface area contributed by atoms with Gasteiger partial charge in [0.25, 0.3) is 0 Å². The van der Waals surface area contributed by atoms with Crippen LogP contribution in [-0.4, -0.2) is 4.98 Å². The van der Waals surface area contributed by atoms with Crippen molar-refractivity contribution < 1.29 is 8.83 Å². The van der Waals surface area contributed by atoms with Crippen molar-refractivity contribution in [3.63, 3.8) is 0 Å². The minimum Gasteiger partial charge on any atom is -0.456 e. The zero-order valence-electron chi connectivity index (χ0n) is 28.9. The number of hydrogen-bond donors (Lipinski definition) is 0. The Labute approximate surface area is 314 Å². The van der Waals surface area contributed by atoms with Gasteiger partial charge in [-0.1, -0.05) is 103 Å². The van der Waals surface area contributed by atoms with Crippen molar-refractivity contribution in [2.24, 2.45) is 0 Å². The van der Waals surface area contributed by atoms with E-state index in [0.29, 0.717) is 5.89 Å². The second kappa shape index (κ2) is 12.3. The van der Waals surface area contributed by atoms with Crippen LogP contribution in [0, 0.1) is 0 Å². The lowest BCUT2D eigenvalue weighted by Crippen LogP contribution is -2.10. The Bertz CT molecular complexity index is 3140. The second-order valence-electron chi connectivity index (χ2n) is 13.5. The van der Waals surface area contributed by atoms with Crippen LogP contribution in [0.3, 0.4) is 0 Å². The van der Waals surface area contributed by atoms with Gasteiger partial charge in [0, 0.05) is 42.5 Å². The Balaban J connectivity index is 1.03. The van der Waals surface area contributed by atoms with Gasteiger partial charge in [-0.2, -0.15) is 0 Å². The Morgan fingerprint density at radius 1 is 0.407 bits per heavy atom. The first-order chi connectivity index (χ1) is 26.7. The molecule has 3 aromatic heterocycles. The van der Waals surface area contributed by atoms with Crippen molar-refractivity contribution in [2.75, 3.05) is 4.90 Å². The Kier molecular flexibility index (Phi) is 7.00. The number of furan rings is 1. The van der Waals surface area contributed by atoms with Crippen molar-refractivity contribution >= 4 is 81.6 Å². The normalized spacial score (nSPS) is 11.7. The molecule has 0 fully saturated rings. The highest BCUT2D eigenvalue weighted by Gasteiger charge is 2.20. The maximum absolute atomic E-state index is 6.32. The predicted molar refractivity (Wildman–Crippen MR) is 225 cm³/mol. The molecule has 3 heterocycles. The highest BCUT2D eigenvalue weighted by atomic mass is 32.1. The van der Waals surface area contributed by atoms with Crippen molar-refractivity contribution in [2.45, 2.75) is 0 Å². The topological polar surface area (TPSA) is 42.4 Å². The summed E-state index contributed by atoms with van der Waals surface area (Å²) < 4.78 is 15.1. The second-order valence-corrected chi connectivity index (χ2v) is 14.6. The first-order valence-electron chi connectivity index (χ1n) is 18.0. The Hall–Kier alpha value is -6.95. The summed E-state index contributed by atoms with van der Waals surface area (Å²) in [6.45, 7) is 0. The molecule has 11 aromatic rings. The van der Waals surface area contributed by atoms with Crippen molar-refractivity contribution in [3.05, 3.63) is 182 Å². The molecule has 5 heteroatoms. The third-order valence-corrected chi connectivity index (χ3v) is 11.5. The van der Waals surface area contributed by atoms with Crippen molar-refractivity contribution in [1.82, 2.24) is 4.98 Å². The summed E-state index contributed by atoms with van der Waals surface area (Å²) in [7, 11) is 0. The van der Waals surface area contributed by atoms with Crippen molar-refractivity contribution in [1.29, 1.82) is 0 Å². The molecule has 0 aliphatic carbocycles. The summed E-state index contributed by atoms with van der Waals surface area (Å²) in [5, 5.41) is 4.52. The summed E-state index contributed by atoms with van der Waals surface area (Å²) in [4.78, 5) is 7.34. The van der Waals surface area contributed by atoms with E-state index in [1.54, 1.807) is 0 Å². The largest absolute Gasteiger partial charge is 0.456 e. The smallest absolute Gasteiger partial charge is 0.227 e. The highest BCUT2D eigenvalue weighted by molar-refractivity contribution is 7.26. The number of nitrogens with zero attached hydrogens (tertiary/aromatic N) is 2.